The van der Waals surface area contributed by atoms with Gasteiger partial charge in [-0.25, -0.2) is 4.98 Å². The van der Waals surface area contributed by atoms with Crippen LogP contribution < -0.4 is 0 Å². The van der Waals surface area contributed by atoms with E-state index in [1.165, 1.54) is 18.4 Å². The molecule has 2 aromatic heterocycles. The van der Waals surface area contributed by atoms with Crippen LogP contribution in [0.4, 0.5) is 0 Å². The maximum atomic E-state index is 12.6. The second-order valence-electron chi connectivity index (χ2n) is 6.01. The first kappa shape index (κ1) is 16.8. The summed E-state index contributed by atoms with van der Waals surface area (Å²) in [6.07, 6.45) is 4.09. The van der Waals surface area contributed by atoms with Crippen LogP contribution in [0.2, 0.25) is 0 Å². The van der Waals surface area contributed by atoms with Crippen LogP contribution in [0.5, 0.6) is 0 Å². The van der Waals surface area contributed by atoms with E-state index in [9.17, 15) is 9.59 Å². The highest BCUT2D eigenvalue weighted by Crippen LogP contribution is 2.38. The van der Waals surface area contributed by atoms with Crippen molar-refractivity contribution in [3.05, 3.63) is 22.8 Å². The van der Waals surface area contributed by atoms with Gasteiger partial charge in [0, 0.05) is 58.2 Å². The van der Waals surface area contributed by atoms with Crippen LogP contribution in [0.25, 0.3) is 10.3 Å². The number of fused-ring (bicyclic) bond motifs is 1. The van der Waals surface area contributed by atoms with Crippen molar-refractivity contribution in [1.29, 1.82) is 0 Å². The van der Waals surface area contributed by atoms with Gasteiger partial charge in [-0.1, -0.05) is 0 Å². The summed E-state index contributed by atoms with van der Waals surface area (Å²) in [7, 11) is 4.99. The number of nitrogens with zero attached hydrogens (tertiary/aromatic N) is 4. The average molecular weight is 348 g/mol. The van der Waals surface area contributed by atoms with Gasteiger partial charge >= 0.3 is 0 Å². The normalized spacial score (nSPS) is 17.5. The standard InChI is InChI=1S/C16H20N4O3S/c1-19(2)16(22)14-12(13-15(24-14)18-6-5-17-13)10-4-7-20(8-10)11(21)9-23-3/h5-6,10H,4,7-9H2,1-3H3/t10-/m1/s1. The molecule has 0 unspecified atom stereocenters. The zero-order chi connectivity index (χ0) is 17.3. The molecule has 2 amide bonds. The maximum absolute atomic E-state index is 12.6. The van der Waals surface area contributed by atoms with E-state index in [2.05, 4.69) is 9.97 Å². The van der Waals surface area contributed by atoms with Crippen LogP contribution in [0.3, 0.4) is 0 Å². The summed E-state index contributed by atoms with van der Waals surface area (Å²) < 4.78 is 4.93. The number of likely N-dealkylation sites (tertiary alicyclic amines) is 1. The first-order valence-electron chi connectivity index (χ1n) is 7.74. The van der Waals surface area contributed by atoms with E-state index >= 15 is 0 Å². The number of thiophene rings is 1. The van der Waals surface area contributed by atoms with Crippen molar-refractivity contribution in [2.75, 3.05) is 40.9 Å². The van der Waals surface area contributed by atoms with Gasteiger partial charge in [0.05, 0.1) is 4.88 Å². The van der Waals surface area contributed by atoms with Crippen molar-refractivity contribution in [3.63, 3.8) is 0 Å². The number of rotatable bonds is 4. The highest BCUT2D eigenvalue weighted by molar-refractivity contribution is 7.20. The minimum atomic E-state index is -0.0449. The molecule has 0 bridgehead atoms. The summed E-state index contributed by atoms with van der Waals surface area (Å²) in [6.45, 7) is 1.33. The van der Waals surface area contributed by atoms with Gasteiger partial charge in [-0.05, 0) is 6.42 Å². The Morgan fingerprint density at radius 1 is 1.38 bits per heavy atom. The third kappa shape index (κ3) is 2.99. The number of carbonyl (C=O) groups is 2. The van der Waals surface area contributed by atoms with E-state index in [0.717, 1.165) is 22.3 Å². The third-order valence-electron chi connectivity index (χ3n) is 4.18. The molecule has 1 aliphatic rings. The number of carbonyl (C=O) groups excluding carboxylic acids is 2. The zero-order valence-electron chi connectivity index (χ0n) is 14.0. The van der Waals surface area contributed by atoms with Crippen LogP contribution in [0.15, 0.2) is 12.4 Å². The second kappa shape index (κ2) is 6.82. The fourth-order valence-corrected chi connectivity index (χ4v) is 4.23. The lowest BCUT2D eigenvalue weighted by molar-refractivity contribution is -0.134. The van der Waals surface area contributed by atoms with Gasteiger partial charge in [0.2, 0.25) is 5.91 Å². The van der Waals surface area contributed by atoms with Crippen molar-refractivity contribution in [2.24, 2.45) is 0 Å². The second-order valence-corrected chi connectivity index (χ2v) is 7.01. The fraction of sp³-hybridized carbons (Fsp3) is 0.500. The quantitative estimate of drug-likeness (QED) is 0.834. The molecule has 3 heterocycles. The van der Waals surface area contributed by atoms with Gasteiger partial charge in [-0.2, -0.15) is 0 Å². The molecule has 0 N–H and O–H groups in total. The zero-order valence-corrected chi connectivity index (χ0v) is 14.8. The van der Waals surface area contributed by atoms with Gasteiger partial charge in [-0.3, -0.25) is 14.6 Å². The molecule has 8 heteroatoms. The first-order chi connectivity index (χ1) is 11.5. The number of hydrogen-bond acceptors (Lipinski definition) is 6. The Hall–Kier alpha value is -2.06. The molecule has 7 nitrogen and oxygen atoms in total. The van der Waals surface area contributed by atoms with Crippen LogP contribution in [-0.4, -0.2) is 72.5 Å². The molecular formula is C16H20N4O3S. The smallest absolute Gasteiger partial charge is 0.263 e. The van der Waals surface area contributed by atoms with Crippen LogP contribution in [0, 0.1) is 0 Å². The van der Waals surface area contributed by atoms with Crippen molar-refractivity contribution < 1.29 is 14.3 Å². The molecule has 0 saturated carbocycles. The molecule has 3 rings (SSSR count). The lowest BCUT2D eigenvalue weighted by atomic mass is 9.97. The number of ether oxygens (including phenoxy) is 1. The monoisotopic (exact) mass is 348 g/mol. The predicted octanol–water partition coefficient (Wildman–Crippen LogP) is 1.36. The van der Waals surface area contributed by atoms with Crippen molar-refractivity contribution in [2.45, 2.75) is 12.3 Å². The molecular weight excluding hydrogens is 328 g/mol. The Kier molecular flexibility index (Phi) is 4.77. The predicted molar refractivity (Wildman–Crippen MR) is 91.2 cm³/mol. The largest absolute Gasteiger partial charge is 0.375 e. The highest BCUT2D eigenvalue weighted by atomic mass is 32.1. The summed E-state index contributed by atoms with van der Waals surface area (Å²) >= 11 is 1.37. The summed E-state index contributed by atoms with van der Waals surface area (Å²) in [5, 5.41) is 0. The molecule has 1 atom stereocenters. The summed E-state index contributed by atoms with van der Waals surface area (Å²) in [5.41, 5.74) is 1.70. The molecule has 1 aliphatic heterocycles. The molecule has 2 aromatic rings. The molecule has 24 heavy (non-hydrogen) atoms. The van der Waals surface area contributed by atoms with Crippen molar-refractivity contribution >= 4 is 33.5 Å². The first-order valence-corrected chi connectivity index (χ1v) is 8.56. The van der Waals surface area contributed by atoms with Gasteiger partial charge < -0.3 is 14.5 Å². The van der Waals surface area contributed by atoms with E-state index in [1.807, 2.05) is 0 Å². The van der Waals surface area contributed by atoms with E-state index < -0.39 is 0 Å². The summed E-state index contributed by atoms with van der Waals surface area (Å²) in [4.78, 5) is 38.2. The fourth-order valence-electron chi connectivity index (χ4n) is 3.02. The van der Waals surface area contributed by atoms with Crippen LogP contribution in [0.1, 0.15) is 27.6 Å². The minimum Gasteiger partial charge on any atom is -0.375 e. The van der Waals surface area contributed by atoms with E-state index in [0.29, 0.717) is 18.0 Å². The number of aromatic nitrogens is 2. The topological polar surface area (TPSA) is 75.6 Å². The number of hydrogen-bond donors (Lipinski definition) is 0. The summed E-state index contributed by atoms with van der Waals surface area (Å²) in [6, 6.07) is 0. The Bertz CT molecular complexity index is 774. The molecule has 1 saturated heterocycles. The van der Waals surface area contributed by atoms with Crippen LogP contribution in [-0.2, 0) is 9.53 Å². The van der Waals surface area contributed by atoms with Gasteiger partial charge in [0.15, 0.2) is 0 Å². The van der Waals surface area contributed by atoms with E-state index in [4.69, 9.17) is 4.74 Å². The highest BCUT2D eigenvalue weighted by Gasteiger charge is 2.33. The number of methoxy groups -OCH3 is 1. The lowest BCUT2D eigenvalue weighted by Crippen LogP contribution is -2.31. The van der Waals surface area contributed by atoms with Gasteiger partial charge in [0.25, 0.3) is 5.91 Å². The van der Waals surface area contributed by atoms with Crippen LogP contribution >= 0.6 is 11.3 Å². The molecule has 0 radical (unpaired) electrons. The lowest BCUT2D eigenvalue weighted by Gasteiger charge is -2.17. The van der Waals surface area contributed by atoms with Gasteiger partial charge in [-0.15, -0.1) is 11.3 Å². The summed E-state index contributed by atoms with van der Waals surface area (Å²) in [5.74, 6) is 0.0257. The van der Waals surface area contributed by atoms with E-state index in [1.54, 1.807) is 36.3 Å². The minimum absolute atomic E-state index is 0.0221. The van der Waals surface area contributed by atoms with Crippen molar-refractivity contribution in [1.82, 2.24) is 19.8 Å². The Balaban J connectivity index is 1.98. The van der Waals surface area contributed by atoms with E-state index in [-0.39, 0.29) is 24.3 Å². The number of amides is 2. The maximum Gasteiger partial charge on any atom is 0.263 e. The molecule has 0 spiro atoms. The molecule has 0 aliphatic carbocycles. The Morgan fingerprint density at radius 2 is 2.12 bits per heavy atom. The Morgan fingerprint density at radius 3 is 2.83 bits per heavy atom. The third-order valence-corrected chi connectivity index (χ3v) is 5.27. The molecule has 128 valence electrons. The van der Waals surface area contributed by atoms with Gasteiger partial charge in [0.1, 0.15) is 17.0 Å². The molecule has 1 fully saturated rings. The van der Waals surface area contributed by atoms with Crippen molar-refractivity contribution in [3.8, 4) is 0 Å². The SMILES string of the molecule is COCC(=O)N1CC[C@@H](c2c(C(=O)N(C)C)sc3nccnc23)C1. The average Bonchev–Trinajstić information content (AvgIpc) is 3.18. The Labute approximate surface area is 144 Å². The molecule has 0 aromatic carbocycles.